The van der Waals surface area contributed by atoms with Crippen molar-refractivity contribution in [3.8, 4) is 11.6 Å². The Morgan fingerprint density at radius 3 is 2.24 bits per heavy atom. The average molecular weight is 447 g/mol. The van der Waals surface area contributed by atoms with Gasteiger partial charge in [-0.2, -0.15) is 4.68 Å². The zero-order valence-electron chi connectivity index (χ0n) is 17.4. The first-order valence-electron chi connectivity index (χ1n) is 10.1. The monoisotopic (exact) mass is 447 g/mol. The van der Waals surface area contributed by atoms with E-state index in [0.717, 1.165) is 4.68 Å². The second kappa shape index (κ2) is 9.86. The minimum Gasteiger partial charge on any atom is -0.472 e. The number of rotatable bonds is 7. The Labute approximate surface area is 188 Å². The summed E-state index contributed by atoms with van der Waals surface area (Å²) in [5, 5.41) is 6.91. The molecule has 1 aromatic heterocycles. The van der Waals surface area contributed by atoms with E-state index in [0.29, 0.717) is 22.4 Å². The fraction of sp³-hybridized carbons (Fsp3) is 0.0800. The molecule has 1 heterocycles. The molecule has 33 heavy (non-hydrogen) atoms. The van der Waals surface area contributed by atoms with E-state index in [1.807, 2.05) is 0 Å². The van der Waals surface area contributed by atoms with Crippen molar-refractivity contribution in [2.24, 2.45) is 0 Å². The van der Waals surface area contributed by atoms with Gasteiger partial charge in [0.15, 0.2) is 0 Å². The van der Waals surface area contributed by atoms with E-state index < -0.39 is 0 Å². The van der Waals surface area contributed by atoms with Gasteiger partial charge in [0.2, 0.25) is 5.88 Å². The van der Waals surface area contributed by atoms with E-state index in [1.54, 1.807) is 48.5 Å². The summed E-state index contributed by atoms with van der Waals surface area (Å²) in [6.07, 6.45) is 0. The fourth-order valence-corrected chi connectivity index (χ4v) is 3.13. The second-order valence-corrected chi connectivity index (χ2v) is 7.20. The summed E-state index contributed by atoms with van der Waals surface area (Å²) in [5.41, 5.74) is 1.71. The van der Waals surface area contributed by atoms with Crippen LogP contribution in [0.15, 0.2) is 89.7 Å². The Bertz CT molecular complexity index is 1340. The standard InChI is InChI=1S/C25H19F2N3O3/c26-20-5-1-3-17(13-20)15-28-25(32)19-7-9-22(10-8-19)30-24(31)12-11-23(29-30)33-16-18-4-2-6-21(27)14-18/h1-14H,15-16H2,(H,28,32). The quantitative estimate of drug-likeness (QED) is 0.465. The maximum absolute atomic E-state index is 13.3. The number of carbonyl (C=O) groups is 1. The molecule has 4 rings (SSSR count). The molecule has 0 saturated heterocycles. The van der Waals surface area contributed by atoms with Gasteiger partial charge in [-0.15, -0.1) is 5.10 Å². The molecule has 0 aliphatic carbocycles. The molecule has 0 aliphatic rings. The maximum Gasteiger partial charge on any atom is 0.271 e. The smallest absolute Gasteiger partial charge is 0.271 e. The molecule has 1 amide bonds. The lowest BCUT2D eigenvalue weighted by Crippen LogP contribution is -2.23. The fourth-order valence-electron chi connectivity index (χ4n) is 3.13. The van der Waals surface area contributed by atoms with E-state index in [1.165, 1.54) is 36.4 Å². The van der Waals surface area contributed by atoms with E-state index in [-0.39, 0.29) is 42.1 Å². The molecule has 0 saturated carbocycles. The minimum atomic E-state index is -0.378. The largest absolute Gasteiger partial charge is 0.472 e. The lowest BCUT2D eigenvalue weighted by atomic mass is 10.1. The van der Waals surface area contributed by atoms with Crippen LogP contribution < -0.4 is 15.6 Å². The Kier molecular flexibility index (Phi) is 6.54. The van der Waals surface area contributed by atoms with Crippen molar-refractivity contribution in [3.63, 3.8) is 0 Å². The normalized spacial score (nSPS) is 10.6. The second-order valence-electron chi connectivity index (χ2n) is 7.20. The Morgan fingerprint density at radius 2 is 1.55 bits per heavy atom. The lowest BCUT2D eigenvalue weighted by Gasteiger charge is -2.10. The molecule has 0 fully saturated rings. The predicted octanol–water partition coefficient (Wildman–Crippen LogP) is 4.02. The van der Waals surface area contributed by atoms with Crippen LogP contribution in [0.5, 0.6) is 5.88 Å². The number of ether oxygens (including phenoxy) is 1. The van der Waals surface area contributed by atoms with Crippen molar-refractivity contribution in [2.75, 3.05) is 0 Å². The van der Waals surface area contributed by atoms with Crippen LogP contribution in [0, 0.1) is 11.6 Å². The van der Waals surface area contributed by atoms with Crippen molar-refractivity contribution in [1.82, 2.24) is 15.1 Å². The first-order chi connectivity index (χ1) is 16.0. The molecule has 8 heteroatoms. The summed E-state index contributed by atoms with van der Waals surface area (Å²) in [5.74, 6) is -0.880. The predicted molar refractivity (Wildman–Crippen MR) is 118 cm³/mol. The summed E-state index contributed by atoms with van der Waals surface area (Å²) in [4.78, 5) is 24.7. The molecule has 166 valence electrons. The van der Waals surface area contributed by atoms with Crippen molar-refractivity contribution in [2.45, 2.75) is 13.2 Å². The minimum absolute atomic E-state index is 0.0907. The molecule has 0 unspecified atom stereocenters. The van der Waals surface area contributed by atoms with Gasteiger partial charge in [-0.05, 0) is 59.7 Å². The average Bonchev–Trinajstić information content (AvgIpc) is 2.82. The molecule has 3 aromatic carbocycles. The van der Waals surface area contributed by atoms with Gasteiger partial charge in [0.25, 0.3) is 11.5 Å². The van der Waals surface area contributed by atoms with Gasteiger partial charge < -0.3 is 10.1 Å². The Hall–Kier alpha value is -4.33. The van der Waals surface area contributed by atoms with Gasteiger partial charge in [-0.1, -0.05) is 24.3 Å². The number of benzene rings is 3. The summed E-state index contributed by atoms with van der Waals surface area (Å²) in [6.45, 7) is 0.275. The Balaban J connectivity index is 1.43. The Morgan fingerprint density at radius 1 is 0.879 bits per heavy atom. The van der Waals surface area contributed by atoms with Crippen LogP contribution in [-0.4, -0.2) is 15.7 Å². The molecule has 0 radical (unpaired) electrons. The van der Waals surface area contributed by atoms with E-state index in [2.05, 4.69) is 10.4 Å². The van der Waals surface area contributed by atoms with E-state index >= 15 is 0 Å². The highest BCUT2D eigenvalue weighted by atomic mass is 19.1. The van der Waals surface area contributed by atoms with Crippen LogP contribution >= 0.6 is 0 Å². The highest BCUT2D eigenvalue weighted by Gasteiger charge is 2.09. The third kappa shape index (κ3) is 5.68. The van der Waals surface area contributed by atoms with Gasteiger partial charge in [0.1, 0.15) is 18.2 Å². The third-order valence-corrected chi connectivity index (χ3v) is 4.77. The number of carbonyl (C=O) groups excluding carboxylic acids is 1. The number of hydrogen-bond donors (Lipinski definition) is 1. The highest BCUT2D eigenvalue weighted by Crippen LogP contribution is 2.12. The molecule has 0 spiro atoms. The molecular weight excluding hydrogens is 428 g/mol. The van der Waals surface area contributed by atoms with Gasteiger partial charge >= 0.3 is 0 Å². The first kappa shape index (κ1) is 21.9. The summed E-state index contributed by atoms with van der Waals surface area (Å²) in [6, 6.07) is 21.0. The van der Waals surface area contributed by atoms with Crippen molar-refractivity contribution < 1.29 is 18.3 Å². The summed E-state index contributed by atoms with van der Waals surface area (Å²) in [7, 11) is 0. The molecule has 0 bridgehead atoms. The van der Waals surface area contributed by atoms with Crippen molar-refractivity contribution in [1.29, 1.82) is 0 Å². The highest BCUT2D eigenvalue weighted by molar-refractivity contribution is 5.94. The first-order valence-corrected chi connectivity index (χ1v) is 10.1. The topological polar surface area (TPSA) is 73.2 Å². The van der Waals surface area contributed by atoms with Crippen molar-refractivity contribution >= 4 is 5.91 Å². The van der Waals surface area contributed by atoms with Gasteiger partial charge in [-0.25, -0.2) is 8.78 Å². The molecule has 0 aliphatic heterocycles. The van der Waals surface area contributed by atoms with Gasteiger partial charge in [-0.3, -0.25) is 9.59 Å². The number of aromatic nitrogens is 2. The summed E-state index contributed by atoms with van der Waals surface area (Å²) < 4.78 is 33.3. The van der Waals surface area contributed by atoms with Gasteiger partial charge in [0, 0.05) is 24.2 Å². The SMILES string of the molecule is O=C(NCc1cccc(F)c1)c1ccc(-n2nc(OCc3cccc(F)c3)ccc2=O)cc1. The number of halogens is 2. The molecule has 4 aromatic rings. The van der Waals surface area contributed by atoms with Crippen LogP contribution in [0.25, 0.3) is 5.69 Å². The zero-order chi connectivity index (χ0) is 23.2. The molecule has 0 atom stereocenters. The number of nitrogens with zero attached hydrogens (tertiary/aromatic N) is 2. The van der Waals surface area contributed by atoms with Crippen LogP contribution in [0.3, 0.4) is 0 Å². The molecular formula is C25H19F2N3O3. The molecule has 6 nitrogen and oxygen atoms in total. The third-order valence-electron chi connectivity index (χ3n) is 4.77. The van der Waals surface area contributed by atoms with Crippen LogP contribution in [0.2, 0.25) is 0 Å². The maximum atomic E-state index is 13.3. The zero-order valence-corrected chi connectivity index (χ0v) is 17.4. The lowest BCUT2D eigenvalue weighted by molar-refractivity contribution is 0.0951. The number of hydrogen-bond acceptors (Lipinski definition) is 4. The number of amides is 1. The van der Waals surface area contributed by atoms with E-state index in [4.69, 9.17) is 4.74 Å². The van der Waals surface area contributed by atoms with Gasteiger partial charge in [0.05, 0.1) is 5.69 Å². The summed E-state index contributed by atoms with van der Waals surface area (Å²) >= 11 is 0. The van der Waals surface area contributed by atoms with Crippen molar-refractivity contribution in [3.05, 3.63) is 124 Å². The van der Waals surface area contributed by atoms with Crippen LogP contribution in [0.1, 0.15) is 21.5 Å². The van der Waals surface area contributed by atoms with Crippen LogP contribution in [0.4, 0.5) is 8.78 Å². The molecule has 1 N–H and O–H groups in total. The van der Waals surface area contributed by atoms with E-state index in [9.17, 15) is 18.4 Å². The van der Waals surface area contributed by atoms with Crippen LogP contribution in [-0.2, 0) is 13.2 Å². The number of nitrogens with one attached hydrogen (secondary N) is 1.